The lowest BCUT2D eigenvalue weighted by Gasteiger charge is -2.02. The first-order valence-corrected chi connectivity index (χ1v) is 6.82. The molecule has 0 spiro atoms. The van der Waals surface area contributed by atoms with Gasteiger partial charge < -0.3 is 10.5 Å². The van der Waals surface area contributed by atoms with Gasteiger partial charge in [0.1, 0.15) is 16.7 Å². The van der Waals surface area contributed by atoms with Crippen molar-refractivity contribution in [2.75, 3.05) is 6.61 Å². The van der Waals surface area contributed by atoms with Crippen molar-refractivity contribution in [3.05, 3.63) is 56.2 Å². The van der Waals surface area contributed by atoms with Crippen molar-refractivity contribution >= 4 is 35.1 Å². The minimum Gasteiger partial charge on any atom is -0.454 e. The smallest absolute Gasteiger partial charge is 0.331 e. The van der Waals surface area contributed by atoms with Crippen LogP contribution in [0, 0.1) is 21.4 Å². The van der Waals surface area contributed by atoms with Gasteiger partial charge in [0.2, 0.25) is 5.78 Å². The van der Waals surface area contributed by atoms with Crippen molar-refractivity contribution in [2.24, 2.45) is 5.73 Å². The Morgan fingerprint density at radius 2 is 2.17 bits per heavy atom. The molecule has 0 aliphatic carbocycles. The van der Waals surface area contributed by atoms with Gasteiger partial charge in [-0.3, -0.25) is 14.9 Å². The fourth-order valence-corrected chi connectivity index (χ4v) is 1.75. The van der Waals surface area contributed by atoms with Gasteiger partial charge in [-0.25, -0.2) is 4.79 Å². The lowest BCUT2D eigenvalue weighted by Crippen LogP contribution is -2.16. The van der Waals surface area contributed by atoms with Crippen LogP contribution < -0.4 is 5.73 Å². The third kappa shape index (κ3) is 5.23. The summed E-state index contributed by atoms with van der Waals surface area (Å²) in [6, 6.07) is 5.60. The standard InChI is InChI=1S/C15H12ClN3O5/c1-9(18)11(7-17)14(20)8-24-15(21)5-3-10-2-4-12(16)13(6-10)19(22)23/h2-6H,8,18H2,1H3/b5-3+,11-9+. The first-order valence-electron chi connectivity index (χ1n) is 6.44. The number of ketones is 1. The SMILES string of the molecule is C/C(N)=C(/C#N)C(=O)COC(=O)/C=C/c1ccc(Cl)c([N+](=O)[O-])c1. The number of ether oxygens (including phenoxy) is 1. The van der Waals surface area contributed by atoms with Gasteiger partial charge in [0, 0.05) is 17.8 Å². The lowest BCUT2D eigenvalue weighted by atomic mass is 10.1. The number of carbonyl (C=O) groups excluding carboxylic acids is 2. The molecule has 8 nitrogen and oxygen atoms in total. The third-order valence-electron chi connectivity index (χ3n) is 2.71. The van der Waals surface area contributed by atoms with E-state index in [9.17, 15) is 19.7 Å². The number of nitro benzene ring substituents is 1. The summed E-state index contributed by atoms with van der Waals surface area (Å²) in [6.45, 7) is 0.743. The first kappa shape index (κ1) is 18.9. The molecule has 24 heavy (non-hydrogen) atoms. The second-order valence-corrected chi connectivity index (χ2v) is 4.91. The number of halogens is 1. The Labute approximate surface area is 141 Å². The van der Waals surface area contributed by atoms with E-state index in [1.165, 1.54) is 31.2 Å². The van der Waals surface area contributed by atoms with Crippen LogP contribution in [0.1, 0.15) is 12.5 Å². The molecule has 0 heterocycles. The Kier molecular flexibility index (Phi) is 6.64. The zero-order valence-corrected chi connectivity index (χ0v) is 13.2. The van der Waals surface area contributed by atoms with E-state index in [2.05, 4.69) is 4.74 Å². The number of nitriles is 1. The number of Topliss-reactive ketones (excluding diaryl/α,β-unsaturated/α-hetero) is 1. The molecule has 0 aliphatic rings. The molecule has 1 aromatic rings. The summed E-state index contributed by atoms with van der Waals surface area (Å²) in [5, 5.41) is 19.5. The molecular weight excluding hydrogens is 338 g/mol. The lowest BCUT2D eigenvalue weighted by molar-refractivity contribution is -0.384. The number of hydrogen-bond acceptors (Lipinski definition) is 7. The van der Waals surface area contributed by atoms with Crippen molar-refractivity contribution in [1.29, 1.82) is 5.26 Å². The number of rotatable bonds is 6. The molecule has 0 amide bonds. The highest BCUT2D eigenvalue weighted by atomic mass is 35.5. The van der Waals surface area contributed by atoms with E-state index in [0.29, 0.717) is 5.56 Å². The minimum atomic E-state index is -0.854. The summed E-state index contributed by atoms with van der Waals surface area (Å²) in [5.74, 6) is -1.57. The van der Waals surface area contributed by atoms with Crippen LogP contribution >= 0.6 is 11.6 Å². The molecule has 0 atom stereocenters. The summed E-state index contributed by atoms with van der Waals surface area (Å²) in [6.07, 6.45) is 2.26. The predicted octanol–water partition coefficient (Wildman–Crippen LogP) is 2.13. The van der Waals surface area contributed by atoms with Crippen molar-refractivity contribution in [3.8, 4) is 6.07 Å². The molecule has 1 rings (SSSR count). The molecule has 9 heteroatoms. The summed E-state index contributed by atoms with van der Waals surface area (Å²) in [4.78, 5) is 33.2. The molecular formula is C15H12ClN3O5. The van der Waals surface area contributed by atoms with Crippen LogP contribution in [-0.2, 0) is 14.3 Å². The van der Waals surface area contributed by atoms with Crippen LogP contribution in [0.3, 0.4) is 0 Å². The number of allylic oxidation sites excluding steroid dienone is 1. The van der Waals surface area contributed by atoms with Crippen LogP contribution in [0.5, 0.6) is 0 Å². The largest absolute Gasteiger partial charge is 0.454 e. The van der Waals surface area contributed by atoms with Crippen molar-refractivity contribution < 1.29 is 19.2 Å². The van der Waals surface area contributed by atoms with Crippen LogP contribution in [-0.4, -0.2) is 23.3 Å². The van der Waals surface area contributed by atoms with Crippen molar-refractivity contribution in [2.45, 2.75) is 6.92 Å². The number of hydrogen-bond donors (Lipinski definition) is 1. The molecule has 1 aromatic carbocycles. The second kappa shape index (κ2) is 8.45. The van der Waals surface area contributed by atoms with E-state index in [0.717, 1.165) is 6.08 Å². The van der Waals surface area contributed by atoms with Gasteiger partial charge >= 0.3 is 5.97 Å². The van der Waals surface area contributed by atoms with Gasteiger partial charge in [-0.15, -0.1) is 0 Å². The number of benzene rings is 1. The summed E-state index contributed by atoms with van der Waals surface area (Å²) >= 11 is 5.67. The van der Waals surface area contributed by atoms with Gasteiger partial charge in [-0.1, -0.05) is 17.7 Å². The number of nitro groups is 1. The molecule has 0 fully saturated rings. The molecule has 0 aliphatic heterocycles. The Morgan fingerprint density at radius 3 is 2.71 bits per heavy atom. The van der Waals surface area contributed by atoms with E-state index < -0.39 is 23.3 Å². The Hall–Kier alpha value is -3.18. The van der Waals surface area contributed by atoms with Crippen LogP contribution in [0.25, 0.3) is 6.08 Å². The van der Waals surface area contributed by atoms with Gasteiger partial charge in [0.05, 0.1) is 4.92 Å². The Bertz CT molecular complexity index is 789. The summed E-state index contributed by atoms with van der Waals surface area (Å²) < 4.78 is 4.68. The molecule has 0 radical (unpaired) electrons. The van der Waals surface area contributed by atoms with Crippen LogP contribution in [0.4, 0.5) is 5.69 Å². The quantitative estimate of drug-likeness (QED) is 0.273. The molecule has 0 saturated heterocycles. The van der Waals surface area contributed by atoms with Gasteiger partial charge in [-0.05, 0) is 24.6 Å². The molecule has 124 valence electrons. The first-order chi connectivity index (χ1) is 11.3. The average molecular weight is 350 g/mol. The molecule has 0 aromatic heterocycles. The molecule has 0 unspecified atom stereocenters. The van der Waals surface area contributed by atoms with E-state index >= 15 is 0 Å². The summed E-state index contributed by atoms with van der Waals surface area (Å²) in [5.41, 5.74) is 5.16. The second-order valence-electron chi connectivity index (χ2n) is 4.50. The maximum atomic E-state index is 11.6. The van der Waals surface area contributed by atoms with Crippen molar-refractivity contribution in [3.63, 3.8) is 0 Å². The van der Waals surface area contributed by atoms with Gasteiger partial charge in [-0.2, -0.15) is 5.26 Å². The fourth-order valence-electron chi connectivity index (χ4n) is 1.56. The number of nitrogens with zero attached hydrogens (tertiary/aromatic N) is 2. The maximum Gasteiger partial charge on any atom is 0.331 e. The monoisotopic (exact) mass is 349 g/mol. The highest BCUT2D eigenvalue weighted by Gasteiger charge is 2.14. The van der Waals surface area contributed by atoms with E-state index in [4.69, 9.17) is 22.6 Å². The number of esters is 1. The number of nitrogens with two attached hydrogens (primary N) is 1. The molecule has 0 bridgehead atoms. The Morgan fingerprint density at radius 1 is 1.50 bits per heavy atom. The minimum absolute atomic E-state index is 0.0294. The van der Waals surface area contributed by atoms with Crippen LogP contribution in [0.15, 0.2) is 35.5 Å². The molecule has 0 saturated carbocycles. The van der Waals surface area contributed by atoms with E-state index in [-0.39, 0.29) is 22.0 Å². The zero-order valence-electron chi connectivity index (χ0n) is 12.5. The fraction of sp³-hybridized carbons (Fsp3) is 0.133. The Balaban J connectivity index is 2.73. The number of carbonyl (C=O) groups is 2. The van der Waals surface area contributed by atoms with Crippen molar-refractivity contribution in [1.82, 2.24) is 0 Å². The molecule has 2 N–H and O–H groups in total. The van der Waals surface area contributed by atoms with E-state index in [1.807, 2.05) is 0 Å². The predicted molar refractivity (Wildman–Crippen MR) is 85.6 cm³/mol. The van der Waals surface area contributed by atoms with E-state index in [1.54, 1.807) is 6.07 Å². The van der Waals surface area contributed by atoms with Gasteiger partial charge in [0.15, 0.2) is 6.61 Å². The highest BCUT2D eigenvalue weighted by molar-refractivity contribution is 6.32. The third-order valence-corrected chi connectivity index (χ3v) is 3.03. The highest BCUT2D eigenvalue weighted by Crippen LogP contribution is 2.25. The van der Waals surface area contributed by atoms with Gasteiger partial charge in [0.25, 0.3) is 5.69 Å². The normalized spacial score (nSPS) is 11.5. The summed E-state index contributed by atoms with van der Waals surface area (Å²) in [7, 11) is 0. The average Bonchev–Trinajstić information content (AvgIpc) is 2.52. The zero-order chi connectivity index (χ0) is 18.3. The van der Waals surface area contributed by atoms with Crippen LogP contribution in [0.2, 0.25) is 5.02 Å². The topological polar surface area (TPSA) is 136 Å². The maximum absolute atomic E-state index is 11.6.